The predicted octanol–water partition coefficient (Wildman–Crippen LogP) is 12.8. The van der Waals surface area contributed by atoms with Crippen LogP contribution in [0.15, 0.2) is 170 Å². The molecule has 0 bridgehead atoms. The van der Waals surface area contributed by atoms with Crippen LogP contribution in [-0.2, 0) is 0 Å². The van der Waals surface area contributed by atoms with E-state index >= 15 is 0 Å². The highest BCUT2D eigenvalue weighted by molar-refractivity contribution is 6.20. The van der Waals surface area contributed by atoms with Gasteiger partial charge in [0.05, 0.1) is 50.4 Å². The molecule has 0 saturated heterocycles. The summed E-state index contributed by atoms with van der Waals surface area (Å²) in [7, 11) is 0. The van der Waals surface area contributed by atoms with Gasteiger partial charge in [-0.2, -0.15) is 0 Å². The summed E-state index contributed by atoms with van der Waals surface area (Å²) in [6, 6.07) is 55.7. The van der Waals surface area contributed by atoms with Crippen LogP contribution in [0.5, 0.6) is 0 Å². The molecule has 0 atom stereocenters. The van der Waals surface area contributed by atoms with E-state index in [2.05, 4.69) is 162 Å². The molecule has 0 saturated carbocycles. The van der Waals surface area contributed by atoms with Gasteiger partial charge in [-0.05, 0) is 54.8 Å². The van der Waals surface area contributed by atoms with Crippen LogP contribution >= 0.6 is 0 Å². The van der Waals surface area contributed by atoms with Crippen molar-refractivity contribution in [3.63, 3.8) is 0 Å². The Labute approximate surface area is 307 Å². The topological polar surface area (TPSA) is 35.6 Å². The highest BCUT2D eigenvalue weighted by Crippen LogP contribution is 2.43. The van der Waals surface area contributed by atoms with Gasteiger partial charge in [0.2, 0.25) is 0 Å². The monoisotopic (exact) mass is 678 g/mol. The summed E-state index contributed by atoms with van der Waals surface area (Å²) in [4.78, 5) is 10.4. The van der Waals surface area contributed by atoms with Gasteiger partial charge < -0.3 is 9.13 Å². The zero-order valence-electron chi connectivity index (χ0n) is 29.2. The lowest BCUT2D eigenvalue weighted by Gasteiger charge is -2.16. The summed E-state index contributed by atoms with van der Waals surface area (Å²) < 4.78 is 4.85. The van der Waals surface area contributed by atoms with Crippen LogP contribution in [0.2, 0.25) is 0 Å². The molecule has 3 aromatic heterocycles. The van der Waals surface area contributed by atoms with E-state index in [9.17, 15) is 0 Å². The summed E-state index contributed by atoms with van der Waals surface area (Å²) in [5.41, 5.74) is 13.2. The van der Waals surface area contributed by atoms with E-state index in [0.717, 1.165) is 72.6 Å². The second-order valence-corrected chi connectivity index (χ2v) is 13.4. The van der Waals surface area contributed by atoms with Crippen LogP contribution in [0.3, 0.4) is 0 Å². The van der Waals surface area contributed by atoms with E-state index in [1.165, 1.54) is 27.1 Å². The Morgan fingerprint density at radius 1 is 0.528 bits per heavy atom. The van der Waals surface area contributed by atoms with Crippen molar-refractivity contribution in [3.05, 3.63) is 182 Å². The van der Waals surface area contributed by atoms with E-state index in [1.807, 2.05) is 36.4 Å². The van der Waals surface area contributed by atoms with Crippen molar-refractivity contribution in [2.24, 2.45) is 0 Å². The number of aromatic nitrogens is 4. The average Bonchev–Trinajstić information content (AvgIpc) is 3.73. The third-order valence-electron chi connectivity index (χ3n) is 10.4. The fourth-order valence-electron chi connectivity index (χ4n) is 8.12. The molecule has 0 aliphatic rings. The van der Waals surface area contributed by atoms with Gasteiger partial charge in [-0.1, -0.05) is 140 Å². The molecule has 3 heterocycles. The first-order chi connectivity index (χ1) is 26.2. The summed E-state index contributed by atoms with van der Waals surface area (Å²) >= 11 is 0. The van der Waals surface area contributed by atoms with Crippen molar-refractivity contribution in [2.45, 2.75) is 6.92 Å². The highest BCUT2D eigenvalue weighted by atomic mass is 15.1. The van der Waals surface area contributed by atoms with Crippen LogP contribution in [0, 0.1) is 0 Å². The average molecular weight is 679 g/mol. The minimum atomic E-state index is 0.844. The van der Waals surface area contributed by atoms with Crippen molar-refractivity contribution in [1.82, 2.24) is 19.1 Å². The van der Waals surface area contributed by atoms with Crippen LogP contribution in [-0.4, -0.2) is 19.1 Å². The first-order valence-electron chi connectivity index (χ1n) is 18.0. The number of allylic oxidation sites excluding steroid dienone is 1. The third-order valence-corrected chi connectivity index (χ3v) is 10.4. The minimum absolute atomic E-state index is 0.844. The lowest BCUT2D eigenvalue weighted by molar-refractivity contribution is 1.10. The zero-order valence-corrected chi connectivity index (χ0v) is 29.2. The maximum absolute atomic E-state index is 5.25. The summed E-state index contributed by atoms with van der Waals surface area (Å²) in [5, 5.41) is 5.99. The highest BCUT2D eigenvalue weighted by Gasteiger charge is 2.24. The molecule has 0 unspecified atom stereocenters. The molecule has 4 nitrogen and oxygen atoms in total. The molecule has 7 aromatic carbocycles. The van der Waals surface area contributed by atoms with Crippen molar-refractivity contribution >= 4 is 66.7 Å². The van der Waals surface area contributed by atoms with Crippen molar-refractivity contribution in [3.8, 4) is 33.9 Å². The van der Waals surface area contributed by atoms with Gasteiger partial charge in [0.1, 0.15) is 0 Å². The quantitative estimate of drug-likeness (QED) is 0.175. The second kappa shape index (κ2) is 12.3. The molecule has 0 amide bonds. The Morgan fingerprint density at radius 3 is 1.94 bits per heavy atom. The Bertz CT molecular complexity index is 3080. The van der Waals surface area contributed by atoms with Crippen LogP contribution in [0.1, 0.15) is 18.2 Å². The van der Waals surface area contributed by atoms with Crippen molar-refractivity contribution in [1.29, 1.82) is 0 Å². The SMILES string of the molecule is C=Cc1c(/C=C\C)c2ccc3c4ccccc4n(-c4cccc5ccccc45)c3c2n1-c1cccc(-c2nc3ccccc3nc2-c2ccccc2)c1. The Morgan fingerprint density at radius 2 is 1.15 bits per heavy atom. The van der Waals surface area contributed by atoms with Gasteiger partial charge in [0, 0.05) is 43.9 Å². The van der Waals surface area contributed by atoms with Crippen molar-refractivity contribution in [2.75, 3.05) is 0 Å². The molecule has 0 aliphatic carbocycles. The van der Waals surface area contributed by atoms with E-state index in [4.69, 9.17) is 9.97 Å². The molecule has 10 rings (SSSR count). The normalized spacial score (nSPS) is 11.9. The number of hydrogen-bond acceptors (Lipinski definition) is 2. The van der Waals surface area contributed by atoms with Crippen molar-refractivity contribution < 1.29 is 0 Å². The summed E-state index contributed by atoms with van der Waals surface area (Å²) in [6.07, 6.45) is 6.31. The fourth-order valence-corrected chi connectivity index (χ4v) is 8.12. The number of para-hydroxylation sites is 3. The molecule has 0 N–H and O–H groups in total. The predicted molar refractivity (Wildman–Crippen MR) is 224 cm³/mol. The fraction of sp³-hybridized carbons (Fsp3) is 0.0204. The molecule has 53 heavy (non-hydrogen) atoms. The van der Waals surface area contributed by atoms with Gasteiger partial charge in [0.25, 0.3) is 0 Å². The largest absolute Gasteiger partial charge is 0.307 e. The van der Waals surface area contributed by atoms with E-state index in [0.29, 0.717) is 0 Å². The number of hydrogen-bond donors (Lipinski definition) is 0. The first kappa shape index (κ1) is 30.8. The number of rotatable bonds is 6. The summed E-state index contributed by atoms with van der Waals surface area (Å²) in [6.45, 7) is 6.46. The van der Waals surface area contributed by atoms with Gasteiger partial charge >= 0.3 is 0 Å². The van der Waals surface area contributed by atoms with Gasteiger partial charge in [0.15, 0.2) is 0 Å². The summed E-state index contributed by atoms with van der Waals surface area (Å²) in [5.74, 6) is 0. The lowest BCUT2D eigenvalue weighted by Crippen LogP contribution is -2.01. The Balaban J connectivity index is 1.33. The first-order valence-corrected chi connectivity index (χ1v) is 18.0. The molecule has 10 aromatic rings. The zero-order chi connectivity index (χ0) is 35.5. The van der Waals surface area contributed by atoms with Gasteiger partial charge in [-0.3, -0.25) is 0 Å². The number of nitrogens with zero attached hydrogens (tertiary/aromatic N) is 4. The molecule has 0 radical (unpaired) electrons. The van der Waals surface area contributed by atoms with Gasteiger partial charge in [-0.25, -0.2) is 9.97 Å². The third kappa shape index (κ3) is 4.77. The van der Waals surface area contributed by atoms with E-state index < -0.39 is 0 Å². The van der Waals surface area contributed by atoms with Crippen LogP contribution < -0.4 is 0 Å². The van der Waals surface area contributed by atoms with Crippen LogP contribution in [0.4, 0.5) is 0 Å². The Hall–Kier alpha value is -7.04. The van der Waals surface area contributed by atoms with Gasteiger partial charge in [-0.15, -0.1) is 0 Å². The number of benzene rings is 7. The molecular formula is C49H34N4. The Kier molecular flexibility index (Phi) is 7.15. The smallest absolute Gasteiger partial charge is 0.0973 e. The second-order valence-electron chi connectivity index (χ2n) is 13.4. The minimum Gasteiger partial charge on any atom is -0.307 e. The van der Waals surface area contributed by atoms with E-state index in [1.54, 1.807) is 0 Å². The molecule has 0 aliphatic heterocycles. The number of fused-ring (bicyclic) bond motifs is 7. The molecular weight excluding hydrogens is 645 g/mol. The molecule has 4 heteroatoms. The van der Waals surface area contributed by atoms with Crippen LogP contribution in [0.25, 0.3) is 101 Å². The maximum Gasteiger partial charge on any atom is 0.0973 e. The molecule has 0 fully saturated rings. The standard InChI is InChI=1S/C49H34N4/c1-3-16-37-39-29-30-40-38-24-10-13-27-45(38)53(44-28-15-20-32-17-8-9-23-36(32)44)49(40)48(39)52(43(37)4-2)35-22-14-21-34(31-35)47-46(33-18-6-5-7-19-33)50-41-25-11-12-26-42(41)51-47/h3-31H,2H2,1H3/b16-3-. The molecule has 0 spiro atoms. The maximum atomic E-state index is 5.25. The van der Waals surface area contributed by atoms with E-state index in [-0.39, 0.29) is 0 Å². The lowest BCUT2D eigenvalue weighted by atomic mass is 10.0. The molecule has 250 valence electrons.